The van der Waals surface area contributed by atoms with Crippen molar-refractivity contribution in [3.63, 3.8) is 0 Å². The van der Waals surface area contributed by atoms with Gasteiger partial charge in [-0.05, 0) is 43.3 Å². The minimum Gasteiger partial charge on any atom is -0.367 e. The van der Waals surface area contributed by atoms with Crippen molar-refractivity contribution in [2.24, 2.45) is 0 Å². The molecule has 0 unspecified atom stereocenters. The van der Waals surface area contributed by atoms with Crippen LogP contribution in [0.25, 0.3) is 0 Å². The third kappa shape index (κ3) is 5.48. The molecule has 1 amide bonds. The summed E-state index contributed by atoms with van der Waals surface area (Å²) < 4.78 is 25.6. The second-order valence-electron chi connectivity index (χ2n) is 7.30. The first-order valence-electron chi connectivity index (χ1n) is 9.73. The van der Waals surface area contributed by atoms with E-state index in [1.165, 1.54) is 0 Å². The van der Waals surface area contributed by atoms with Crippen LogP contribution in [0.3, 0.4) is 0 Å². The number of hydrogen-bond acceptors (Lipinski definition) is 5. The molecule has 8 heteroatoms. The van der Waals surface area contributed by atoms with Gasteiger partial charge in [0.1, 0.15) is 0 Å². The van der Waals surface area contributed by atoms with Crippen LogP contribution >= 0.6 is 0 Å². The predicted octanol–water partition coefficient (Wildman–Crippen LogP) is 2.76. The van der Waals surface area contributed by atoms with Gasteiger partial charge in [0.15, 0.2) is 0 Å². The molecule has 1 aliphatic heterocycles. The highest BCUT2D eigenvalue weighted by Crippen LogP contribution is 2.27. The van der Waals surface area contributed by atoms with Crippen LogP contribution in [0.4, 0.5) is 17.1 Å². The van der Waals surface area contributed by atoms with E-state index in [1.54, 1.807) is 25.1 Å². The molecule has 29 heavy (non-hydrogen) atoms. The monoisotopic (exact) mass is 416 g/mol. The molecule has 0 bridgehead atoms. The number of likely N-dealkylation sites (N-methyl/N-ethyl adjacent to an activating group) is 1. The summed E-state index contributed by atoms with van der Waals surface area (Å²) in [4.78, 5) is 17.5. The smallest absolute Gasteiger partial charge is 0.255 e. The largest absolute Gasteiger partial charge is 0.367 e. The molecular weight excluding hydrogens is 388 g/mol. The fraction of sp³-hybridized carbons (Fsp3) is 0.381. The molecule has 0 radical (unpaired) electrons. The Morgan fingerprint density at radius 1 is 1.03 bits per heavy atom. The molecule has 0 atom stereocenters. The SMILES string of the molecule is CCN1CCN(c2ccccc2NC(=O)c2ccc(C)c(NS(C)(=O)=O)c2)CC1. The summed E-state index contributed by atoms with van der Waals surface area (Å²) in [6, 6.07) is 12.8. The molecule has 1 aliphatic rings. The first-order valence-corrected chi connectivity index (χ1v) is 11.6. The Morgan fingerprint density at radius 3 is 2.38 bits per heavy atom. The normalized spacial score (nSPS) is 15.2. The van der Waals surface area contributed by atoms with Crippen LogP contribution in [0.15, 0.2) is 42.5 Å². The highest BCUT2D eigenvalue weighted by atomic mass is 32.2. The fourth-order valence-corrected chi connectivity index (χ4v) is 4.05. The molecular formula is C21H28N4O3S. The molecule has 156 valence electrons. The molecule has 1 fully saturated rings. The summed E-state index contributed by atoms with van der Waals surface area (Å²) in [6.45, 7) is 8.82. The summed E-state index contributed by atoms with van der Waals surface area (Å²) in [5.74, 6) is -0.277. The molecule has 0 aliphatic carbocycles. The number of carbonyl (C=O) groups is 1. The van der Waals surface area contributed by atoms with E-state index in [4.69, 9.17) is 0 Å². The summed E-state index contributed by atoms with van der Waals surface area (Å²) in [6.07, 6.45) is 1.09. The Labute approximate surface area is 172 Å². The van der Waals surface area contributed by atoms with Gasteiger partial charge in [-0.2, -0.15) is 0 Å². The Kier molecular flexibility index (Phi) is 6.44. The quantitative estimate of drug-likeness (QED) is 0.757. The molecule has 1 saturated heterocycles. The molecule has 7 nitrogen and oxygen atoms in total. The molecule has 3 rings (SSSR count). The molecule has 0 aromatic heterocycles. The van der Waals surface area contributed by atoms with Gasteiger partial charge in [0.25, 0.3) is 5.91 Å². The zero-order valence-corrected chi connectivity index (χ0v) is 17.9. The van der Waals surface area contributed by atoms with Gasteiger partial charge in [0, 0.05) is 31.7 Å². The van der Waals surface area contributed by atoms with Crippen LogP contribution in [-0.4, -0.2) is 58.2 Å². The number of aryl methyl sites for hydroxylation is 1. The third-order valence-corrected chi connectivity index (χ3v) is 5.70. The van der Waals surface area contributed by atoms with E-state index >= 15 is 0 Å². The highest BCUT2D eigenvalue weighted by molar-refractivity contribution is 7.92. The molecule has 1 heterocycles. The number of benzene rings is 2. The minimum absolute atomic E-state index is 0.277. The first kappa shape index (κ1) is 21.1. The zero-order chi connectivity index (χ0) is 21.0. The van der Waals surface area contributed by atoms with Crippen LogP contribution in [0, 0.1) is 6.92 Å². The molecule has 0 spiro atoms. The first-order chi connectivity index (χ1) is 13.8. The van der Waals surface area contributed by atoms with Crippen molar-refractivity contribution in [2.75, 3.05) is 53.9 Å². The zero-order valence-electron chi connectivity index (χ0n) is 17.1. The van der Waals surface area contributed by atoms with Gasteiger partial charge in [-0.3, -0.25) is 9.52 Å². The van der Waals surface area contributed by atoms with Gasteiger partial charge in [-0.15, -0.1) is 0 Å². The number of piperazine rings is 1. The highest BCUT2D eigenvalue weighted by Gasteiger charge is 2.19. The molecule has 2 aromatic carbocycles. The number of para-hydroxylation sites is 2. The van der Waals surface area contributed by atoms with E-state index < -0.39 is 10.0 Å². The van der Waals surface area contributed by atoms with Gasteiger partial charge < -0.3 is 15.1 Å². The number of carbonyl (C=O) groups excluding carboxylic acids is 1. The fourth-order valence-electron chi connectivity index (χ4n) is 3.43. The van der Waals surface area contributed by atoms with Crippen LogP contribution < -0.4 is 14.9 Å². The molecule has 2 N–H and O–H groups in total. The predicted molar refractivity (Wildman–Crippen MR) is 118 cm³/mol. The Morgan fingerprint density at radius 2 is 1.72 bits per heavy atom. The van der Waals surface area contributed by atoms with Gasteiger partial charge in [-0.1, -0.05) is 25.1 Å². The van der Waals surface area contributed by atoms with Crippen molar-refractivity contribution < 1.29 is 13.2 Å². The van der Waals surface area contributed by atoms with Crippen molar-refractivity contribution in [1.29, 1.82) is 0 Å². The van der Waals surface area contributed by atoms with Crippen LogP contribution in [0.2, 0.25) is 0 Å². The summed E-state index contributed by atoms with van der Waals surface area (Å²) in [7, 11) is -3.42. The Balaban J connectivity index is 1.79. The lowest BCUT2D eigenvalue weighted by Gasteiger charge is -2.36. The summed E-state index contributed by atoms with van der Waals surface area (Å²) >= 11 is 0. The maximum Gasteiger partial charge on any atom is 0.255 e. The topological polar surface area (TPSA) is 81.8 Å². The lowest BCUT2D eigenvalue weighted by atomic mass is 10.1. The van der Waals surface area contributed by atoms with Crippen LogP contribution in [0.1, 0.15) is 22.8 Å². The van der Waals surface area contributed by atoms with E-state index in [1.807, 2.05) is 24.3 Å². The minimum atomic E-state index is -3.42. The van der Waals surface area contributed by atoms with Crippen molar-refractivity contribution in [3.8, 4) is 0 Å². The third-order valence-electron chi connectivity index (χ3n) is 5.11. The second-order valence-corrected chi connectivity index (χ2v) is 9.04. The van der Waals surface area contributed by atoms with Crippen LogP contribution in [-0.2, 0) is 10.0 Å². The maximum absolute atomic E-state index is 12.9. The summed E-state index contributed by atoms with van der Waals surface area (Å²) in [5, 5.41) is 2.99. The lowest BCUT2D eigenvalue weighted by Crippen LogP contribution is -2.46. The summed E-state index contributed by atoms with van der Waals surface area (Å²) in [5.41, 5.74) is 3.30. The number of amides is 1. The number of anilines is 3. The number of sulfonamides is 1. The maximum atomic E-state index is 12.9. The number of nitrogens with zero attached hydrogens (tertiary/aromatic N) is 2. The van der Waals surface area contributed by atoms with Crippen molar-refractivity contribution >= 4 is 33.0 Å². The van der Waals surface area contributed by atoms with Gasteiger partial charge in [-0.25, -0.2) is 8.42 Å². The lowest BCUT2D eigenvalue weighted by molar-refractivity contribution is 0.102. The Bertz CT molecular complexity index is 983. The van der Waals surface area contributed by atoms with Gasteiger partial charge >= 0.3 is 0 Å². The standard InChI is InChI=1S/C21H28N4O3S/c1-4-24-11-13-25(14-12-24)20-8-6-5-7-18(20)22-21(26)17-10-9-16(2)19(15-17)23-29(3,27)28/h5-10,15,23H,4,11-14H2,1-3H3,(H,22,26). The van der Waals surface area contributed by atoms with Crippen molar-refractivity contribution in [2.45, 2.75) is 13.8 Å². The Hall–Kier alpha value is -2.58. The molecule has 2 aromatic rings. The average Bonchev–Trinajstić information content (AvgIpc) is 2.69. The number of rotatable bonds is 6. The van der Waals surface area contributed by atoms with Crippen LogP contribution in [0.5, 0.6) is 0 Å². The van der Waals surface area contributed by atoms with E-state index in [-0.39, 0.29) is 5.91 Å². The van der Waals surface area contributed by atoms with Crippen molar-refractivity contribution in [1.82, 2.24) is 4.90 Å². The van der Waals surface area contributed by atoms with E-state index in [9.17, 15) is 13.2 Å². The van der Waals surface area contributed by atoms with E-state index in [0.29, 0.717) is 11.3 Å². The average molecular weight is 417 g/mol. The van der Waals surface area contributed by atoms with Crippen molar-refractivity contribution in [3.05, 3.63) is 53.6 Å². The van der Waals surface area contributed by atoms with E-state index in [2.05, 4.69) is 26.8 Å². The second kappa shape index (κ2) is 8.84. The van der Waals surface area contributed by atoms with Gasteiger partial charge in [0.05, 0.1) is 23.3 Å². The van der Waals surface area contributed by atoms with Gasteiger partial charge in [0.2, 0.25) is 10.0 Å². The number of nitrogens with one attached hydrogen (secondary N) is 2. The van der Waals surface area contributed by atoms with E-state index in [0.717, 1.165) is 55.9 Å². The number of hydrogen-bond donors (Lipinski definition) is 2. The molecule has 0 saturated carbocycles.